The molecule has 2 fully saturated rings. The zero-order valence-corrected chi connectivity index (χ0v) is 14.5. The maximum absolute atomic E-state index is 12.8. The molecule has 1 saturated heterocycles. The quantitative estimate of drug-likeness (QED) is 0.845. The Morgan fingerprint density at radius 3 is 2.24 bits per heavy atom. The van der Waals surface area contributed by atoms with Crippen LogP contribution in [0.15, 0.2) is 35.2 Å². The van der Waals surface area contributed by atoms with E-state index in [-0.39, 0.29) is 23.6 Å². The monoisotopic (exact) mass is 367 g/mol. The summed E-state index contributed by atoms with van der Waals surface area (Å²) in [7, 11) is -3.66. The lowest BCUT2D eigenvalue weighted by Gasteiger charge is -2.30. The molecule has 25 heavy (non-hydrogen) atoms. The van der Waals surface area contributed by atoms with E-state index in [1.165, 1.54) is 12.1 Å². The number of hydrogen-bond acceptors (Lipinski definition) is 5. The Labute approximate surface area is 146 Å². The van der Waals surface area contributed by atoms with Gasteiger partial charge >= 0.3 is 5.97 Å². The van der Waals surface area contributed by atoms with Gasteiger partial charge in [0.1, 0.15) is 0 Å². The molecule has 3 rings (SSSR count). The first-order valence-corrected chi connectivity index (χ1v) is 9.84. The molecule has 7 nitrogen and oxygen atoms in total. The zero-order chi connectivity index (χ0) is 18.0. The summed E-state index contributed by atoms with van der Waals surface area (Å²) < 4.78 is 30.8. The van der Waals surface area contributed by atoms with Gasteiger partial charge in [0, 0.05) is 13.1 Å². The molecule has 1 aliphatic carbocycles. The maximum atomic E-state index is 12.8. The molecule has 0 spiro atoms. The summed E-state index contributed by atoms with van der Waals surface area (Å²) in [5.41, 5.74) is 0. The maximum Gasteiger partial charge on any atom is 0.307 e. The van der Waals surface area contributed by atoms with Crippen LogP contribution in [0.3, 0.4) is 0 Å². The van der Waals surface area contributed by atoms with Crippen LogP contribution in [-0.4, -0.2) is 61.9 Å². The van der Waals surface area contributed by atoms with E-state index in [0.29, 0.717) is 26.3 Å². The highest BCUT2D eigenvalue weighted by atomic mass is 32.2. The van der Waals surface area contributed by atoms with Gasteiger partial charge in [-0.15, -0.1) is 0 Å². The molecule has 1 aromatic carbocycles. The van der Waals surface area contributed by atoms with Gasteiger partial charge < -0.3 is 14.7 Å². The molecule has 3 atom stereocenters. The van der Waals surface area contributed by atoms with Gasteiger partial charge in [0.15, 0.2) is 9.84 Å². The third-order valence-electron chi connectivity index (χ3n) is 4.99. The summed E-state index contributed by atoms with van der Waals surface area (Å²) >= 11 is 0. The van der Waals surface area contributed by atoms with Gasteiger partial charge in [0.2, 0.25) is 5.91 Å². The Kier molecular flexibility index (Phi) is 5.10. The lowest BCUT2D eigenvalue weighted by Crippen LogP contribution is -2.45. The second-order valence-electron chi connectivity index (χ2n) is 6.44. The Hall–Kier alpha value is -1.93. The number of rotatable bonds is 4. The van der Waals surface area contributed by atoms with Crippen LogP contribution in [0.5, 0.6) is 0 Å². The third-order valence-corrected chi connectivity index (χ3v) is 7.18. The fraction of sp³-hybridized carbons (Fsp3) is 0.529. The van der Waals surface area contributed by atoms with Crippen molar-refractivity contribution < 1.29 is 27.9 Å². The van der Waals surface area contributed by atoms with Crippen molar-refractivity contribution >= 4 is 21.7 Å². The largest absolute Gasteiger partial charge is 0.481 e. The molecule has 1 N–H and O–H groups in total. The number of aliphatic carboxylic acids is 1. The lowest BCUT2D eigenvalue weighted by molar-refractivity contribution is -0.150. The minimum absolute atomic E-state index is 0.0344. The number of morpholine rings is 1. The summed E-state index contributed by atoms with van der Waals surface area (Å²) in [6.45, 7) is 1.67. The smallest absolute Gasteiger partial charge is 0.307 e. The number of amides is 1. The van der Waals surface area contributed by atoms with Gasteiger partial charge in [-0.1, -0.05) is 18.2 Å². The minimum atomic E-state index is -3.66. The van der Waals surface area contributed by atoms with E-state index in [1.54, 1.807) is 23.1 Å². The highest BCUT2D eigenvalue weighted by Crippen LogP contribution is 2.39. The highest BCUT2D eigenvalue weighted by Gasteiger charge is 2.48. The van der Waals surface area contributed by atoms with Crippen molar-refractivity contribution in [3.8, 4) is 0 Å². The average molecular weight is 367 g/mol. The summed E-state index contributed by atoms with van der Waals surface area (Å²) in [6, 6.07) is 7.99. The zero-order valence-electron chi connectivity index (χ0n) is 13.7. The minimum Gasteiger partial charge on any atom is -0.481 e. The van der Waals surface area contributed by atoms with Gasteiger partial charge in [-0.2, -0.15) is 0 Å². The van der Waals surface area contributed by atoms with Crippen molar-refractivity contribution in [2.24, 2.45) is 11.8 Å². The molecule has 1 amide bonds. The van der Waals surface area contributed by atoms with E-state index >= 15 is 0 Å². The van der Waals surface area contributed by atoms with E-state index in [4.69, 9.17) is 4.74 Å². The van der Waals surface area contributed by atoms with Crippen LogP contribution in [0.1, 0.15) is 12.8 Å². The molecule has 1 aliphatic heterocycles. The number of carbonyl (C=O) groups excluding carboxylic acids is 1. The van der Waals surface area contributed by atoms with E-state index in [0.717, 1.165) is 0 Å². The molecule has 1 aromatic rings. The van der Waals surface area contributed by atoms with E-state index < -0.39 is 32.9 Å². The molecule has 136 valence electrons. The molecular weight excluding hydrogens is 346 g/mol. The normalized spacial score (nSPS) is 27.2. The van der Waals surface area contributed by atoms with Gasteiger partial charge in [-0.05, 0) is 25.0 Å². The summed E-state index contributed by atoms with van der Waals surface area (Å²) in [5, 5.41) is 8.64. The van der Waals surface area contributed by atoms with Crippen LogP contribution >= 0.6 is 0 Å². The van der Waals surface area contributed by atoms with Crippen LogP contribution in [0.4, 0.5) is 0 Å². The summed E-state index contributed by atoms with van der Waals surface area (Å²) in [6.07, 6.45) is 0.0116. The van der Waals surface area contributed by atoms with Crippen molar-refractivity contribution in [1.82, 2.24) is 4.90 Å². The molecule has 0 aromatic heterocycles. The number of carbonyl (C=O) groups is 2. The van der Waals surface area contributed by atoms with Crippen molar-refractivity contribution in [2.75, 3.05) is 26.3 Å². The van der Waals surface area contributed by atoms with Crippen LogP contribution in [0.2, 0.25) is 0 Å². The van der Waals surface area contributed by atoms with Crippen LogP contribution in [0.25, 0.3) is 0 Å². The molecule has 1 heterocycles. The second kappa shape index (κ2) is 7.13. The number of sulfone groups is 1. The third kappa shape index (κ3) is 3.55. The Morgan fingerprint density at radius 2 is 1.64 bits per heavy atom. The SMILES string of the molecule is O=C(O)[C@@H]1C[C@H](S(=O)(=O)c2ccccc2)C[C@H]1C(=O)N1CCOCC1. The van der Waals surface area contributed by atoms with Crippen LogP contribution < -0.4 is 0 Å². The van der Waals surface area contributed by atoms with Gasteiger partial charge in [0.25, 0.3) is 0 Å². The fourth-order valence-corrected chi connectivity index (χ4v) is 5.45. The number of carboxylic acid groups (broad SMARTS) is 1. The number of hydrogen-bond donors (Lipinski definition) is 1. The van der Waals surface area contributed by atoms with Crippen molar-refractivity contribution in [2.45, 2.75) is 23.0 Å². The number of benzene rings is 1. The van der Waals surface area contributed by atoms with Gasteiger partial charge in [-0.25, -0.2) is 8.42 Å². The standard InChI is InChI=1S/C17H21NO6S/c19-16(18-6-8-24-9-7-18)14-10-13(11-15(14)17(20)21)25(22,23)12-4-2-1-3-5-12/h1-5,13-15H,6-11H2,(H,20,21)/t13-,14-,15-/m1/s1. The molecular formula is C17H21NO6S. The molecule has 0 unspecified atom stereocenters. The molecule has 2 aliphatic rings. The van der Waals surface area contributed by atoms with E-state index in [1.807, 2.05) is 0 Å². The predicted molar refractivity (Wildman–Crippen MR) is 88.7 cm³/mol. The van der Waals surface area contributed by atoms with Crippen LogP contribution in [0, 0.1) is 11.8 Å². The van der Waals surface area contributed by atoms with Gasteiger partial charge in [-0.3, -0.25) is 9.59 Å². The summed E-state index contributed by atoms with van der Waals surface area (Å²) in [4.78, 5) is 26.1. The fourth-order valence-electron chi connectivity index (χ4n) is 3.61. The number of carboxylic acids is 1. The average Bonchev–Trinajstić information content (AvgIpc) is 3.09. The first kappa shape index (κ1) is 17.9. The topological polar surface area (TPSA) is 101 Å². The number of ether oxygens (including phenoxy) is 1. The Morgan fingerprint density at radius 1 is 1.04 bits per heavy atom. The Bertz CT molecular complexity index is 742. The number of nitrogens with zero attached hydrogens (tertiary/aromatic N) is 1. The van der Waals surface area contributed by atoms with E-state index in [9.17, 15) is 23.1 Å². The van der Waals surface area contributed by atoms with Crippen molar-refractivity contribution in [3.63, 3.8) is 0 Å². The first-order chi connectivity index (χ1) is 11.9. The second-order valence-corrected chi connectivity index (χ2v) is 8.67. The molecule has 0 radical (unpaired) electrons. The first-order valence-electron chi connectivity index (χ1n) is 8.29. The van der Waals surface area contributed by atoms with Gasteiger partial charge in [0.05, 0.1) is 35.2 Å². The highest BCUT2D eigenvalue weighted by molar-refractivity contribution is 7.92. The van der Waals surface area contributed by atoms with Crippen molar-refractivity contribution in [3.05, 3.63) is 30.3 Å². The van der Waals surface area contributed by atoms with Crippen LogP contribution in [-0.2, 0) is 24.2 Å². The molecule has 0 bridgehead atoms. The van der Waals surface area contributed by atoms with Crippen molar-refractivity contribution in [1.29, 1.82) is 0 Å². The Balaban J connectivity index is 1.83. The lowest BCUT2D eigenvalue weighted by atomic mass is 9.94. The summed E-state index contributed by atoms with van der Waals surface area (Å²) in [5.74, 6) is -3.17. The van der Waals surface area contributed by atoms with E-state index in [2.05, 4.69) is 0 Å². The molecule has 1 saturated carbocycles. The molecule has 8 heteroatoms. The predicted octanol–water partition coefficient (Wildman–Crippen LogP) is 0.799.